The van der Waals surface area contributed by atoms with Gasteiger partial charge in [0.15, 0.2) is 12.4 Å². The molecule has 1 amide bonds. The Labute approximate surface area is 163 Å². The number of ether oxygens (including phenoxy) is 1. The average molecular weight is 394 g/mol. The van der Waals surface area contributed by atoms with Crippen LogP contribution >= 0.6 is 11.6 Å². The fourth-order valence-electron chi connectivity index (χ4n) is 2.20. The van der Waals surface area contributed by atoms with E-state index in [2.05, 4.69) is 15.5 Å². The number of nitrogens with zero attached hydrogens (tertiary/aromatic N) is 2. The lowest BCUT2D eigenvalue weighted by Gasteiger charge is -2.20. The number of halogens is 1. The van der Waals surface area contributed by atoms with Gasteiger partial charge in [0.1, 0.15) is 6.04 Å². The van der Waals surface area contributed by atoms with Crippen LogP contribution in [-0.4, -0.2) is 28.1 Å². The second kappa shape index (κ2) is 8.52. The van der Waals surface area contributed by atoms with Crippen molar-refractivity contribution in [1.82, 2.24) is 15.5 Å². The van der Waals surface area contributed by atoms with Gasteiger partial charge in [0.25, 0.3) is 11.8 Å². The molecule has 0 aliphatic heterocycles. The SMILES string of the molecule is CC(C)[C@H](NC(=O)c1ccccc1Cl)C(=O)OCc1nc(C(C)(C)C)no1. The molecule has 27 heavy (non-hydrogen) atoms. The molecule has 0 aliphatic carbocycles. The molecule has 0 bridgehead atoms. The lowest BCUT2D eigenvalue weighted by Crippen LogP contribution is -2.45. The maximum Gasteiger partial charge on any atom is 0.329 e. The van der Waals surface area contributed by atoms with E-state index in [9.17, 15) is 9.59 Å². The number of carbonyl (C=O) groups is 2. The van der Waals surface area contributed by atoms with Crippen LogP contribution in [0.5, 0.6) is 0 Å². The van der Waals surface area contributed by atoms with Crippen molar-refractivity contribution >= 4 is 23.5 Å². The molecule has 7 nitrogen and oxygen atoms in total. The smallest absolute Gasteiger partial charge is 0.329 e. The molecule has 0 saturated carbocycles. The second-order valence-electron chi connectivity index (χ2n) is 7.54. The Morgan fingerprint density at radius 3 is 2.48 bits per heavy atom. The maximum atomic E-state index is 12.5. The first-order valence-electron chi connectivity index (χ1n) is 8.64. The number of benzene rings is 1. The summed E-state index contributed by atoms with van der Waals surface area (Å²) in [6.45, 7) is 9.31. The quantitative estimate of drug-likeness (QED) is 0.754. The molecule has 1 aromatic heterocycles. The first-order valence-corrected chi connectivity index (χ1v) is 9.02. The van der Waals surface area contributed by atoms with Gasteiger partial charge in [-0.15, -0.1) is 0 Å². The van der Waals surface area contributed by atoms with Gasteiger partial charge in [-0.05, 0) is 18.1 Å². The molecule has 1 heterocycles. The number of amides is 1. The average Bonchev–Trinajstić information content (AvgIpc) is 3.07. The van der Waals surface area contributed by atoms with E-state index in [4.69, 9.17) is 20.9 Å². The van der Waals surface area contributed by atoms with E-state index in [-0.39, 0.29) is 23.8 Å². The highest BCUT2D eigenvalue weighted by Crippen LogP contribution is 2.19. The molecule has 8 heteroatoms. The Bertz CT molecular complexity index is 811. The summed E-state index contributed by atoms with van der Waals surface area (Å²) >= 11 is 6.04. The van der Waals surface area contributed by atoms with Gasteiger partial charge >= 0.3 is 5.97 Å². The monoisotopic (exact) mass is 393 g/mol. The zero-order chi connectivity index (χ0) is 20.2. The minimum Gasteiger partial charge on any atom is -0.454 e. The Balaban J connectivity index is 2.01. The summed E-state index contributed by atoms with van der Waals surface area (Å²) in [5.74, 6) is -0.476. The third-order valence-electron chi connectivity index (χ3n) is 3.80. The molecule has 0 unspecified atom stereocenters. The van der Waals surface area contributed by atoms with Gasteiger partial charge in [-0.1, -0.05) is 63.5 Å². The van der Waals surface area contributed by atoms with Crippen molar-refractivity contribution in [2.45, 2.75) is 52.7 Å². The Morgan fingerprint density at radius 1 is 1.26 bits per heavy atom. The lowest BCUT2D eigenvalue weighted by atomic mass is 9.96. The first kappa shape index (κ1) is 20.9. The highest BCUT2D eigenvalue weighted by molar-refractivity contribution is 6.33. The summed E-state index contributed by atoms with van der Waals surface area (Å²) in [5.41, 5.74) is 0.0270. The summed E-state index contributed by atoms with van der Waals surface area (Å²) in [6, 6.07) is 5.79. The number of hydrogen-bond acceptors (Lipinski definition) is 6. The molecule has 0 aliphatic rings. The van der Waals surface area contributed by atoms with E-state index in [0.29, 0.717) is 16.4 Å². The number of esters is 1. The van der Waals surface area contributed by atoms with Gasteiger partial charge in [-0.25, -0.2) is 4.79 Å². The van der Waals surface area contributed by atoms with E-state index in [1.807, 2.05) is 34.6 Å². The van der Waals surface area contributed by atoms with Gasteiger partial charge in [0.05, 0.1) is 10.6 Å². The summed E-state index contributed by atoms with van der Waals surface area (Å²) in [6.07, 6.45) is 0. The largest absolute Gasteiger partial charge is 0.454 e. The van der Waals surface area contributed by atoms with E-state index in [1.54, 1.807) is 24.3 Å². The molecule has 1 atom stereocenters. The van der Waals surface area contributed by atoms with Crippen LogP contribution in [0.25, 0.3) is 0 Å². The van der Waals surface area contributed by atoms with Crippen LogP contribution in [0.1, 0.15) is 56.7 Å². The third kappa shape index (κ3) is 5.53. The minimum atomic E-state index is -0.834. The Morgan fingerprint density at radius 2 is 1.93 bits per heavy atom. The van der Waals surface area contributed by atoms with E-state index < -0.39 is 17.9 Å². The van der Waals surface area contributed by atoms with Gasteiger partial charge in [0, 0.05) is 5.41 Å². The summed E-state index contributed by atoms with van der Waals surface area (Å²) in [7, 11) is 0. The van der Waals surface area contributed by atoms with Crippen LogP contribution in [0.2, 0.25) is 5.02 Å². The van der Waals surface area contributed by atoms with Gasteiger partial charge in [-0.3, -0.25) is 4.79 Å². The highest BCUT2D eigenvalue weighted by atomic mass is 35.5. The molecular formula is C19H24ClN3O4. The number of nitrogens with one attached hydrogen (secondary N) is 1. The fraction of sp³-hybridized carbons (Fsp3) is 0.474. The predicted molar refractivity (Wildman–Crippen MR) is 100 cm³/mol. The van der Waals surface area contributed by atoms with Crippen molar-refractivity contribution in [3.63, 3.8) is 0 Å². The van der Waals surface area contributed by atoms with Crippen LogP contribution < -0.4 is 5.32 Å². The van der Waals surface area contributed by atoms with Gasteiger partial charge < -0.3 is 14.6 Å². The van der Waals surface area contributed by atoms with Crippen LogP contribution in [-0.2, 0) is 21.6 Å². The molecular weight excluding hydrogens is 370 g/mol. The van der Waals surface area contributed by atoms with Crippen LogP contribution in [0.15, 0.2) is 28.8 Å². The topological polar surface area (TPSA) is 94.3 Å². The highest BCUT2D eigenvalue weighted by Gasteiger charge is 2.28. The molecule has 0 saturated heterocycles. The van der Waals surface area contributed by atoms with Crippen molar-refractivity contribution < 1.29 is 18.8 Å². The van der Waals surface area contributed by atoms with Crippen LogP contribution in [0.3, 0.4) is 0 Å². The van der Waals surface area contributed by atoms with Crippen LogP contribution in [0.4, 0.5) is 0 Å². The zero-order valence-corrected chi connectivity index (χ0v) is 16.8. The summed E-state index contributed by atoms with van der Waals surface area (Å²) in [5, 5.41) is 6.87. The fourth-order valence-corrected chi connectivity index (χ4v) is 2.42. The van der Waals surface area contributed by atoms with Crippen molar-refractivity contribution in [2.75, 3.05) is 0 Å². The van der Waals surface area contributed by atoms with Crippen molar-refractivity contribution in [2.24, 2.45) is 5.92 Å². The van der Waals surface area contributed by atoms with Crippen LogP contribution in [0, 0.1) is 5.92 Å². The number of aromatic nitrogens is 2. The van der Waals surface area contributed by atoms with Crippen molar-refractivity contribution in [1.29, 1.82) is 0 Å². The summed E-state index contributed by atoms with van der Waals surface area (Å²) in [4.78, 5) is 29.1. The molecule has 0 spiro atoms. The molecule has 1 aromatic carbocycles. The summed E-state index contributed by atoms with van der Waals surface area (Å²) < 4.78 is 10.4. The van der Waals surface area contributed by atoms with Gasteiger partial charge in [-0.2, -0.15) is 4.98 Å². The first-order chi connectivity index (χ1) is 12.6. The normalized spacial score (nSPS) is 12.7. The number of rotatable bonds is 6. The standard InChI is InChI=1S/C19H24ClN3O4/c1-11(2)15(22-16(24)12-8-6-7-9-13(12)20)17(25)26-10-14-21-18(23-27-14)19(3,4)5/h6-9,11,15H,10H2,1-5H3,(H,22,24)/t15-/m0/s1. The number of carbonyl (C=O) groups excluding carboxylic acids is 2. The predicted octanol–water partition coefficient (Wildman–Crippen LogP) is 3.52. The third-order valence-corrected chi connectivity index (χ3v) is 4.13. The van der Waals surface area contributed by atoms with E-state index in [0.717, 1.165) is 0 Å². The minimum absolute atomic E-state index is 0.160. The Hall–Kier alpha value is -2.41. The van der Waals surface area contributed by atoms with E-state index in [1.165, 1.54) is 0 Å². The molecule has 0 fully saturated rings. The van der Waals surface area contributed by atoms with E-state index >= 15 is 0 Å². The molecule has 2 rings (SSSR count). The second-order valence-corrected chi connectivity index (χ2v) is 7.95. The zero-order valence-electron chi connectivity index (χ0n) is 16.1. The molecule has 146 valence electrons. The van der Waals surface area contributed by atoms with Crippen molar-refractivity contribution in [3.05, 3.63) is 46.6 Å². The molecule has 2 aromatic rings. The molecule has 0 radical (unpaired) electrons. The molecule has 1 N–H and O–H groups in total. The van der Waals surface area contributed by atoms with Gasteiger partial charge in [0.2, 0.25) is 0 Å². The van der Waals surface area contributed by atoms with Crippen molar-refractivity contribution in [3.8, 4) is 0 Å². The lowest BCUT2D eigenvalue weighted by molar-refractivity contribution is -0.149. The maximum absolute atomic E-state index is 12.5. The Kier molecular flexibility index (Phi) is 6.59. The number of hydrogen-bond donors (Lipinski definition) is 1.